The molecular weight excluding hydrogens is 303 g/mol. The van der Waals surface area contributed by atoms with Crippen LogP contribution in [0, 0.1) is 12.7 Å². The van der Waals surface area contributed by atoms with Crippen molar-refractivity contribution in [1.29, 1.82) is 0 Å². The maximum absolute atomic E-state index is 12.9. The van der Waals surface area contributed by atoms with E-state index in [9.17, 15) is 9.18 Å². The van der Waals surface area contributed by atoms with E-state index in [-0.39, 0.29) is 11.7 Å². The predicted octanol–water partition coefficient (Wildman–Crippen LogP) is 4.13. The number of rotatable bonds is 4. The van der Waals surface area contributed by atoms with Gasteiger partial charge in [-0.15, -0.1) is 0 Å². The Kier molecular flexibility index (Phi) is 4.66. The molecule has 3 rings (SSSR count). The highest BCUT2D eigenvalue weighted by atomic mass is 19.1. The van der Waals surface area contributed by atoms with Crippen LogP contribution >= 0.6 is 0 Å². The number of aryl methyl sites for hydroxylation is 1. The molecule has 2 aromatic carbocycles. The average molecular weight is 320 g/mol. The van der Waals surface area contributed by atoms with Crippen molar-refractivity contribution < 1.29 is 9.18 Å². The molecule has 0 saturated carbocycles. The highest BCUT2D eigenvalue weighted by Gasteiger charge is 2.08. The Hall–Kier alpha value is -3.01. The Morgan fingerprint density at radius 3 is 2.42 bits per heavy atom. The van der Waals surface area contributed by atoms with Crippen molar-refractivity contribution in [2.24, 2.45) is 0 Å². The maximum Gasteiger partial charge on any atom is 0.253 e. The first-order chi connectivity index (χ1) is 11.6. The molecule has 3 aromatic rings. The molecule has 0 atom stereocenters. The molecule has 4 heteroatoms. The second-order valence-corrected chi connectivity index (χ2v) is 5.64. The van der Waals surface area contributed by atoms with Gasteiger partial charge in [-0.05, 0) is 36.2 Å². The predicted molar refractivity (Wildman–Crippen MR) is 92.0 cm³/mol. The Balaban J connectivity index is 1.72. The van der Waals surface area contributed by atoms with Crippen molar-refractivity contribution in [1.82, 2.24) is 10.3 Å². The molecule has 1 amide bonds. The Morgan fingerprint density at radius 2 is 1.71 bits per heavy atom. The first-order valence-corrected chi connectivity index (χ1v) is 7.66. The molecule has 0 aliphatic carbocycles. The summed E-state index contributed by atoms with van der Waals surface area (Å²) in [4.78, 5) is 16.5. The van der Waals surface area contributed by atoms with Gasteiger partial charge in [-0.3, -0.25) is 9.78 Å². The highest BCUT2D eigenvalue weighted by Crippen LogP contribution is 2.20. The van der Waals surface area contributed by atoms with Gasteiger partial charge in [0.05, 0.1) is 5.56 Å². The fourth-order valence-corrected chi connectivity index (χ4v) is 2.35. The molecule has 0 unspecified atom stereocenters. The van der Waals surface area contributed by atoms with Gasteiger partial charge in [0.1, 0.15) is 5.82 Å². The minimum atomic E-state index is -0.292. The lowest BCUT2D eigenvalue weighted by Crippen LogP contribution is -2.22. The van der Waals surface area contributed by atoms with Crippen LogP contribution in [-0.4, -0.2) is 10.9 Å². The number of aromatic nitrogens is 1. The van der Waals surface area contributed by atoms with E-state index < -0.39 is 0 Å². The summed E-state index contributed by atoms with van der Waals surface area (Å²) >= 11 is 0. The van der Waals surface area contributed by atoms with Crippen LogP contribution < -0.4 is 5.32 Å². The van der Waals surface area contributed by atoms with Gasteiger partial charge in [-0.1, -0.05) is 42.0 Å². The van der Waals surface area contributed by atoms with Crippen molar-refractivity contribution >= 4 is 5.91 Å². The number of amides is 1. The summed E-state index contributed by atoms with van der Waals surface area (Å²) in [6, 6.07) is 15.9. The third kappa shape index (κ3) is 3.84. The maximum atomic E-state index is 12.9. The molecule has 0 spiro atoms. The van der Waals surface area contributed by atoms with Gasteiger partial charge >= 0.3 is 0 Å². The summed E-state index contributed by atoms with van der Waals surface area (Å²) in [5.74, 6) is -0.499. The van der Waals surface area contributed by atoms with E-state index in [1.165, 1.54) is 23.9 Å². The molecule has 0 saturated heterocycles. The second kappa shape index (κ2) is 7.04. The third-order valence-corrected chi connectivity index (χ3v) is 3.75. The summed E-state index contributed by atoms with van der Waals surface area (Å²) < 4.78 is 12.9. The van der Waals surface area contributed by atoms with E-state index in [4.69, 9.17) is 0 Å². The zero-order valence-corrected chi connectivity index (χ0v) is 13.3. The lowest BCUT2D eigenvalue weighted by Gasteiger charge is -2.07. The monoisotopic (exact) mass is 320 g/mol. The molecule has 0 radical (unpaired) electrons. The summed E-state index contributed by atoms with van der Waals surface area (Å²) in [6.45, 7) is 2.37. The number of carbonyl (C=O) groups excluding carboxylic acids is 1. The van der Waals surface area contributed by atoms with Gasteiger partial charge in [0.15, 0.2) is 0 Å². The SMILES string of the molecule is Cc1ccc(-c2cncc(C(=O)NCc3ccc(F)cc3)c2)cc1. The normalized spacial score (nSPS) is 10.4. The number of hydrogen-bond acceptors (Lipinski definition) is 2. The van der Waals surface area contributed by atoms with Gasteiger partial charge in [0.25, 0.3) is 5.91 Å². The van der Waals surface area contributed by atoms with E-state index in [0.29, 0.717) is 12.1 Å². The molecule has 24 heavy (non-hydrogen) atoms. The highest BCUT2D eigenvalue weighted by molar-refractivity contribution is 5.95. The molecular formula is C20H17FN2O. The molecule has 0 aliphatic heterocycles. The number of pyridine rings is 1. The largest absolute Gasteiger partial charge is 0.348 e. The number of nitrogens with zero attached hydrogens (tertiary/aromatic N) is 1. The summed E-state index contributed by atoms with van der Waals surface area (Å²) in [5, 5.41) is 2.82. The van der Waals surface area contributed by atoms with E-state index >= 15 is 0 Å². The number of halogens is 1. The average Bonchev–Trinajstić information content (AvgIpc) is 2.62. The van der Waals surface area contributed by atoms with Crippen LogP contribution in [0.1, 0.15) is 21.5 Å². The molecule has 0 aliphatic rings. The summed E-state index contributed by atoms with van der Waals surface area (Å²) in [7, 11) is 0. The van der Waals surface area contributed by atoms with Crippen molar-refractivity contribution in [3.05, 3.63) is 89.5 Å². The molecule has 0 bridgehead atoms. The lowest BCUT2D eigenvalue weighted by molar-refractivity contribution is 0.0950. The minimum Gasteiger partial charge on any atom is -0.348 e. The van der Waals surface area contributed by atoms with E-state index in [0.717, 1.165) is 16.7 Å². The molecule has 1 N–H and O–H groups in total. The topological polar surface area (TPSA) is 42.0 Å². The van der Waals surface area contributed by atoms with Crippen LogP contribution in [-0.2, 0) is 6.54 Å². The van der Waals surface area contributed by atoms with Crippen LogP contribution in [0.15, 0.2) is 67.0 Å². The first-order valence-electron chi connectivity index (χ1n) is 7.66. The fourth-order valence-electron chi connectivity index (χ4n) is 2.35. The van der Waals surface area contributed by atoms with Crippen LogP contribution in [0.5, 0.6) is 0 Å². The molecule has 3 nitrogen and oxygen atoms in total. The third-order valence-electron chi connectivity index (χ3n) is 3.75. The Morgan fingerprint density at radius 1 is 1.00 bits per heavy atom. The summed E-state index contributed by atoms with van der Waals surface area (Å²) in [6.07, 6.45) is 3.28. The minimum absolute atomic E-state index is 0.208. The number of nitrogens with one attached hydrogen (secondary N) is 1. The molecule has 120 valence electrons. The molecule has 1 aromatic heterocycles. The lowest BCUT2D eigenvalue weighted by atomic mass is 10.0. The van der Waals surface area contributed by atoms with Crippen LogP contribution in [0.2, 0.25) is 0 Å². The van der Waals surface area contributed by atoms with Gasteiger partial charge in [0.2, 0.25) is 0 Å². The first kappa shape index (κ1) is 15.9. The van der Waals surface area contributed by atoms with Gasteiger partial charge in [-0.25, -0.2) is 4.39 Å². The smallest absolute Gasteiger partial charge is 0.253 e. The molecule has 0 fully saturated rings. The van der Waals surface area contributed by atoms with Crippen molar-refractivity contribution in [2.75, 3.05) is 0 Å². The Labute approximate surface area is 140 Å². The quantitative estimate of drug-likeness (QED) is 0.785. The van der Waals surface area contributed by atoms with Crippen LogP contribution in [0.3, 0.4) is 0 Å². The Bertz CT molecular complexity index is 842. The summed E-state index contributed by atoms with van der Waals surface area (Å²) in [5.41, 5.74) is 4.42. The number of benzene rings is 2. The second-order valence-electron chi connectivity index (χ2n) is 5.64. The van der Waals surface area contributed by atoms with E-state index in [2.05, 4.69) is 10.3 Å². The zero-order valence-electron chi connectivity index (χ0n) is 13.3. The van der Waals surface area contributed by atoms with E-state index in [1.54, 1.807) is 18.3 Å². The van der Waals surface area contributed by atoms with Crippen LogP contribution in [0.25, 0.3) is 11.1 Å². The zero-order chi connectivity index (χ0) is 16.9. The van der Waals surface area contributed by atoms with Crippen molar-refractivity contribution in [3.63, 3.8) is 0 Å². The fraction of sp³-hybridized carbons (Fsp3) is 0.100. The van der Waals surface area contributed by atoms with Gasteiger partial charge in [-0.2, -0.15) is 0 Å². The van der Waals surface area contributed by atoms with Gasteiger partial charge < -0.3 is 5.32 Å². The van der Waals surface area contributed by atoms with Crippen molar-refractivity contribution in [3.8, 4) is 11.1 Å². The number of hydrogen-bond donors (Lipinski definition) is 1. The van der Waals surface area contributed by atoms with E-state index in [1.807, 2.05) is 37.3 Å². The molecule has 1 heterocycles. The standard InChI is InChI=1S/C20H17FN2O/c1-14-2-6-16(7-3-14)17-10-18(13-22-12-17)20(24)23-11-15-4-8-19(21)9-5-15/h2-10,12-13H,11H2,1H3,(H,23,24). The number of carbonyl (C=O) groups is 1. The van der Waals surface area contributed by atoms with Crippen molar-refractivity contribution in [2.45, 2.75) is 13.5 Å². The van der Waals surface area contributed by atoms with Gasteiger partial charge in [0, 0.05) is 24.5 Å². The van der Waals surface area contributed by atoms with Crippen LogP contribution in [0.4, 0.5) is 4.39 Å².